The second-order valence-corrected chi connectivity index (χ2v) is 6.11. The topological polar surface area (TPSA) is 34.1 Å². The van der Waals surface area contributed by atoms with Crippen LogP contribution in [0, 0.1) is 0 Å². The van der Waals surface area contributed by atoms with Crippen LogP contribution in [-0.4, -0.2) is 11.6 Å². The second kappa shape index (κ2) is 14.9. The monoisotopic (exact) mass is 382 g/mol. The first-order valence-corrected chi connectivity index (χ1v) is 9.18. The van der Waals surface area contributed by atoms with Crippen LogP contribution in [0.15, 0.2) is 48.5 Å². The van der Waals surface area contributed by atoms with Crippen LogP contribution in [0.1, 0.15) is 85.9 Å². The van der Waals surface area contributed by atoms with Gasteiger partial charge in [0, 0.05) is 17.1 Å². The maximum atomic E-state index is 11.4. The Bertz CT molecular complexity index is 501. The fourth-order valence-corrected chi connectivity index (χ4v) is 2.48. The third-order valence-electron chi connectivity index (χ3n) is 3.98. The number of hydrogen-bond acceptors (Lipinski definition) is 2. The average molecular weight is 382 g/mol. The van der Waals surface area contributed by atoms with Crippen LogP contribution in [0.2, 0.25) is 0 Å². The molecule has 0 bridgehead atoms. The molecule has 0 amide bonds. The van der Waals surface area contributed by atoms with E-state index in [1.54, 1.807) is 0 Å². The molecule has 0 fully saturated rings. The summed E-state index contributed by atoms with van der Waals surface area (Å²) in [4.78, 5) is 22.8. The molecule has 0 aliphatic rings. The molecule has 0 aliphatic heterocycles. The Kier molecular flexibility index (Phi) is 14.0. The first-order chi connectivity index (χ1) is 11.7. The SMILES string of the molecule is CCCCCC(=O)[c-]1[cH-][cH-][cH-][cH-]1.CCCCCC(=O)[c-]1cccc1.[Fe]. The van der Waals surface area contributed by atoms with Crippen molar-refractivity contribution in [3.05, 3.63) is 59.7 Å². The fourth-order valence-electron chi connectivity index (χ4n) is 2.48. The third-order valence-corrected chi connectivity index (χ3v) is 3.98. The van der Waals surface area contributed by atoms with E-state index in [-0.39, 0.29) is 28.6 Å². The van der Waals surface area contributed by atoms with Gasteiger partial charge in [0.25, 0.3) is 0 Å². The van der Waals surface area contributed by atoms with E-state index >= 15 is 0 Å². The van der Waals surface area contributed by atoms with Gasteiger partial charge in [0.2, 0.25) is 0 Å². The molecule has 0 atom stereocenters. The number of carbonyl (C=O) groups is 2. The summed E-state index contributed by atoms with van der Waals surface area (Å²) in [5.41, 5.74) is 1.73. The van der Waals surface area contributed by atoms with Crippen LogP contribution in [-0.2, 0) is 17.1 Å². The van der Waals surface area contributed by atoms with Gasteiger partial charge in [-0.3, -0.25) is 5.78 Å². The molecular weight excluding hydrogens is 352 g/mol. The van der Waals surface area contributed by atoms with Gasteiger partial charge in [0.05, 0.1) is 0 Å². The minimum atomic E-state index is 0. The van der Waals surface area contributed by atoms with E-state index in [2.05, 4.69) is 13.8 Å². The molecule has 2 aromatic rings. The Labute approximate surface area is 163 Å². The van der Waals surface area contributed by atoms with Gasteiger partial charge in [-0.1, -0.05) is 51.5 Å². The largest absolute Gasteiger partial charge is 0.718 e. The fraction of sp³-hybridized carbons (Fsp3) is 0.455. The standard InChI is InChI=1S/2C11H15O.Fe/c2*1-2-3-4-9-11(12)10-7-5-6-8-10;/h2*5-8H,2-4,9H2,1H3;/q-5;-1;. The molecule has 2 aromatic carbocycles. The molecule has 0 unspecified atom stereocenters. The minimum absolute atomic E-state index is 0. The average Bonchev–Trinajstić information content (AvgIpc) is 3.29. The van der Waals surface area contributed by atoms with Gasteiger partial charge in [0.15, 0.2) is 0 Å². The summed E-state index contributed by atoms with van der Waals surface area (Å²) in [5.74, 6) is 0.571. The maximum Gasteiger partial charge on any atom is 0.108 e. The molecule has 0 aromatic heterocycles. The predicted octanol–water partition coefficient (Wildman–Crippen LogP) is 6.33. The zero-order valence-corrected chi connectivity index (χ0v) is 16.5. The van der Waals surface area contributed by atoms with E-state index in [1.165, 1.54) is 12.8 Å². The molecule has 2 rings (SSSR count). The first-order valence-electron chi connectivity index (χ1n) is 9.18. The molecular formula is C22H30FeO2-6. The molecule has 0 radical (unpaired) electrons. The Morgan fingerprint density at radius 3 is 1.76 bits per heavy atom. The molecule has 144 valence electrons. The molecule has 0 spiro atoms. The van der Waals surface area contributed by atoms with Crippen LogP contribution in [0.3, 0.4) is 0 Å². The summed E-state index contributed by atoms with van der Waals surface area (Å²) in [5, 5.41) is 0. The Morgan fingerprint density at radius 1 is 0.800 bits per heavy atom. The van der Waals surface area contributed by atoms with Crippen molar-refractivity contribution in [2.45, 2.75) is 65.2 Å². The number of rotatable bonds is 10. The van der Waals surface area contributed by atoms with Crippen molar-refractivity contribution < 1.29 is 26.7 Å². The van der Waals surface area contributed by atoms with Crippen molar-refractivity contribution in [1.29, 1.82) is 0 Å². The van der Waals surface area contributed by atoms with Crippen LogP contribution >= 0.6 is 0 Å². The van der Waals surface area contributed by atoms with Gasteiger partial charge in [-0.05, 0) is 12.8 Å². The van der Waals surface area contributed by atoms with E-state index in [9.17, 15) is 9.59 Å². The van der Waals surface area contributed by atoms with Gasteiger partial charge >= 0.3 is 0 Å². The number of Topliss-reactive ketones (excluding diaryl/α,β-unsaturated/α-hetero) is 2. The zero-order valence-electron chi connectivity index (χ0n) is 15.4. The van der Waals surface area contributed by atoms with Crippen molar-refractivity contribution in [3.63, 3.8) is 0 Å². The normalized spacial score (nSPS) is 9.68. The van der Waals surface area contributed by atoms with Gasteiger partial charge in [-0.2, -0.15) is 12.1 Å². The van der Waals surface area contributed by atoms with Crippen LogP contribution in [0.5, 0.6) is 0 Å². The zero-order chi connectivity index (χ0) is 17.6. The first kappa shape index (κ1) is 23.6. The summed E-state index contributed by atoms with van der Waals surface area (Å²) >= 11 is 0. The van der Waals surface area contributed by atoms with Gasteiger partial charge in [-0.25, -0.2) is 12.1 Å². The van der Waals surface area contributed by atoms with Gasteiger partial charge in [0.1, 0.15) is 5.78 Å². The molecule has 0 saturated carbocycles. The molecule has 0 heterocycles. The Balaban J connectivity index is 0.000000443. The quantitative estimate of drug-likeness (QED) is 0.208. The molecule has 3 heteroatoms. The smallest absolute Gasteiger partial charge is 0.108 e. The van der Waals surface area contributed by atoms with Crippen molar-refractivity contribution in [3.8, 4) is 0 Å². The number of unbranched alkanes of at least 4 members (excludes halogenated alkanes) is 4. The molecule has 25 heavy (non-hydrogen) atoms. The maximum absolute atomic E-state index is 11.4. The van der Waals surface area contributed by atoms with Crippen molar-refractivity contribution >= 4 is 11.6 Å². The van der Waals surface area contributed by atoms with Crippen molar-refractivity contribution in [1.82, 2.24) is 0 Å². The predicted molar refractivity (Wildman–Crippen MR) is 101 cm³/mol. The minimum Gasteiger partial charge on any atom is -0.718 e. The second-order valence-electron chi connectivity index (χ2n) is 6.11. The van der Waals surface area contributed by atoms with Crippen LogP contribution < -0.4 is 0 Å². The summed E-state index contributed by atoms with van der Waals surface area (Å²) in [6.45, 7) is 4.29. The molecule has 0 aliphatic carbocycles. The van der Waals surface area contributed by atoms with Gasteiger partial charge in [-0.15, -0.1) is 6.42 Å². The summed E-state index contributed by atoms with van der Waals surface area (Å²) in [6.07, 6.45) is 8.14. The van der Waals surface area contributed by atoms with Crippen LogP contribution in [0.25, 0.3) is 0 Å². The summed E-state index contributed by atoms with van der Waals surface area (Å²) < 4.78 is 0. The van der Waals surface area contributed by atoms with E-state index in [0.29, 0.717) is 12.8 Å². The summed E-state index contributed by atoms with van der Waals surface area (Å²) in [6, 6.07) is 15.2. The van der Waals surface area contributed by atoms with Crippen molar-refractivity contribution in [2.75, 3.05) is 0 Å². The number of hydrogen-bond donors (Lipinski definition) is 0. The molecule has 0 N–H and O–H groups in total. The molecule has 0 saturated heterocycles. The van der Waals surface area contributed by atoms with Crippen molar-refractivity contribution in [2.24, 2.45) is 0 Å². The number of ketones is 2. The van der Waals surface area contributed by atoms with Gasteiger partial charge < -0.3 is 39.4 Å². The Morgan fingerprint density at radius 2 is 1.28 bits per heavy atom. The number of carbonyl (C=O) groups excluding carboxylic acids is 2. The van der Waals surface area contributed by atoms with E-state index in [4.69, 9.17) is 0 Å². The van der Waals surface area contributed by atoms with E-state index in [1.807, 2.05) is 48.5 Å². The summed E-state index contributed by atoms with van der Waals surface area (Å²) in [7, 11) is 0. The Hall–Kier alpha value is -1.44. The van der Waals surface area contributed by atoms with E-state index in [0.717, 1.165) is 36.8 Å². The third kappa shape index (κ3) is 10.2. The molecule has 2 nitrogen and oxygen atoms in total. The van der Waals surface area contributed by atoms with Crippen LogP contribution in [0.4, 0.5) is 0 Å². The van der Waals surface area contributed by atoms with E-state index < -0.39 is 0 Å².